The lowest BCUT2D eigenvalue weighted by molar-refractivity contribution is -0.137. The molecule has 2 unspecified atom stereocenters. The molecule has 0 saturated carbocycles. The Morgan fingerprint density at radius 2 is 1.88 bits per heavy atom. The molecular formula is C22H21F3N2O4S. The molecule has 1 heterocycles. The Morgan fingerprint density at radius 3 is 2.47 bits per heavy atom. The van der Waals surface area contributed by atoms with Crippen molar-refractivity contribution in [3.05, 3.63) is 70.1 Å². The Labute approximate surface area is 187 Å². The molecule has 2 N–H and O–H groups in total. The summed E-state index contributed by atoms with van der Waals surface area (Å²) >= 11 is 0.841. The fourth-order valence-electron chi connectivity index (χ4n) is 2.99. The molecule has 0 aromatic heterocycles. The minimum Gasteiger partial charge on any atom is -0.476 e. The lowest BCUT2D eigenvalue weighted by atomic mass is 10.1. The van der Waals surface area contributed by atoms with Crippen molar-refractivity contribution in [3.63, 3.8) is 0 Å². The fraction of sp³-hybridized carbons (Fsp3) is 0.273. The van der Waals surface area contributed by atoms with Gasteiger partial charge in [0.25, 0.3) is 11.1 Å². The van der Waals surface area contributed by atoms with E-state index in [1.807, 2.05) is 0 Å². The molecule has 0 bridgehead atoms. The van der Waals surface area contributed by atoms with Crippen LogP contribution in [0.3, 0.4) is 0 Å². The molecule has 0 aliphatic carbocycles. The van der Waals surface area contributed by atoms with Crippen molar-refractivity contribution in [2.45, 2.75) is 25.4 Å². The third-order valence-corrected chi connectivity index (χ3v) is 5.40. The standard InChI is InChI=1S/C22H21F3N2O4S/c1-13(26-12-18(30-2)15-4-3-5-16(11-15)22(23,24)25)31-17-8-6-14(7-9-17)10-19-20(28)27-21(29)32-19/h3-11,13,18,26H,12H2,1-2H3,(H,27,28,29)/b19-10+. The number of ether oxygens (including phenoxy) is 2. The van der Waals surface area contributed by atoms with Gasteiger partial charge in [0.2, 0.25) is 0 Å². The number of methoxy groups -OCH3 is 1. The number of thioether (sulfide) groups is 1. The van der Waals surface area contributed by atoms with Crippen LogP contribution in [0.2, 0.25) is 0 Å². The molecule has 32 heavy (non-hydrogen) atoms. The van der Waals surface area contributed by atoms with Gasteiger partial charge in [-0.05, 0) is 60.2 Å². The Kier molecular flexibility index (Phi) is 7.60. The van der Waals surface area contributed by atoms with E-state index >= 15 is 0 Å². The monoisotopic (exact) mass is 466 g/mol. The van der Waals surface area contributed by atoms with Gasteiger partial charge in [-0.1, -0.05) is 24.3 Å². The molecule has 10 heteroatoms. The highest BCUT2D eigenvalue weighted by Crippen LogP contribution is 2.31. The van der Waals surface area contributed by atoms with Crippen molar-refractivity contribution in [3.8, 4) is 5.75 Å². The summed E-state index contributed by atoms with van der Waals surface area (Å²) in [6, 6.07) is 11.9. The molecule has 1 fully saturated rings. The molecule has 170 valence electrons. The Hall–Kier alpha value is -2.82. The van der Waals surface area contributed by atoms with Gasteiger partial charge in [0.1, 0.15) is 12.0 Å². The van der Waals surface area contributed by atoms with E-state index in [0.717, 1.165) is 29.5 Å². The van der Waals surface area contributed by atoms with Gasteiger partial charge in [-0.15, -0.1) is 0 Å². The molecule has 0 spiro atoms. The van der Waals surface area contributed by atoms with E-state index in [9.17, 15) is 22.8 Å². The van der Waals surface area contributed by atoms with Gasteiger partial charge in [-0.3, -0.25) is 20.2 Å². The summed E-state index contributed by atoms with van der Waals surface area (Å²) in [5, 5.41) is 4.88. The smallest absolute Gasteiger partial charge is 0.416 e. The number of amides is 2. The summed E-state index contributed by atoms with van der Waals surface area (Å²) in [6.07, 6.45) is -3.85. The van der Waals surface area contributed by atoms with E-state index in [1.165, 1.54) is 13.2 Å². The van der Waals surface area contributed by atoms with Crippen molar-refractivity contribution in [2.24, 2.45) is 0 Å². The van der Waals surface area contributed by atoms with E-state index < -0.39 is 35.2 Å². The first-order valence-corrected chi connectivity index (χ1v) is 10.4. The summed E-state index contributed by atoms with van der Waals surface area (Å²) in [5.41, 5.74) is 0.412. The summed E-state index contributed by atoms with van der Waals surface area (Å²) < 4.78 is 50.0. The van der Waals surface area contributed by atoms with Crippen LogP contribution in [-0.2, 0) is 15.7 Å². The highest BCUT2D eigenvalue weighted by Gasteiger charge is 2.31. The maximum atomic E-state index is 13.0. The van der Waals surface area contributed by atoms with Crippen molar-refractivity contribution in [1.29, 1.82) is 0 Å². The average Bonchev–Trinajstić information content (AvgIpc) is 3.06. The van der Waals surface area contributed by atoms with E-state index in [2.05, 4.69) is 10.6 Å². The Morgan fingerprint density at radius 1 is 1.16 bits per heavy atom. The molecule has 0 radical (unpaired) electrons. The lowest BCUT2D eigenvalue weighted by Crippen LogP contribution is -2.35. The summed E-state index contributed by atoms with van der Waals surface area (Å²) in [6.45, 7) is 2.00. The first-order chi connectivity index (χ1) is 15.2. The number of alkyl halides is 3. The quantitative estimate of drug-likeness (QED) is 0.433. The minimum atomic E-state index is -4.42. The number of rotatable bonds is 8. The number of benzene rings is 2. The van der Waals surface area contributed by atoms with Crippen LogP contribution in [0.5, 0.6) is 5.75 Å². The molecule has 3 rings (SSSR count). The van der Waals surface area contributed by atoms with Crippen molar-refractivity contribution in [1.82, 2.24) is 10.6 Å². The van der Waals surface area contributed by atoms with E-state index in [1.54, 1.807) is 43.3 Å². The summed E-state index contributed by atoms with van der Waals surface area (Å²) in [4.78, 5) is 23.1. The zero-order chi connectivity index (χ0) is 23.3. The van der Waals surface area contributed by atoms with Crippen LogP contribution >= 0.6 is 11.8 Å². The normalized spacial score (nSPS) is 17.3. The second-order valence-corrected chi connectivity index (χ2v) is 7.95. The molecule has 6 nitrogen and oxygen atoms in total. The van der Waals surface area contributed by atoms with Crippen LogP contribution in [0.15, 0.2) is 53.4 Å². The predicted molar refractivity (Wildman–Crippen MR) is 115 cm³/mol. The predicted octanol–water partition coefficient (Wildman–Crippen LogP) is 4.73. The Balaban J connectivity index is 1.56. The summed E-state index contributed by atoms with van der Waals surface area (Å²) in [5.74, 6) is 0.131. The number of hydrogen-bond acceptors (Lipinski definition) is 6. The van der Waals surface area contributed by atoms with Gasteiger partial charge >= 0.3 is 6.18 Å². The van der Waals surface area contributed by atoms with Crippen molar-refractivity contribution >= 4 is 29.0 Å². The van der Waals surface area contributed by atoms with Gasteiger partial charge < -0.3 is 9.47 Å². The number of hydrogen-bond donors (Lipinski definition) is 2. The van der Waals surface area contributed by atoms with E-state index in [0.29, 0.717) is 16.2 Å². The van der Waals surface area contributed by atoms with Gasteiger partial charge in [0, 0.05) is 13.7 Å². The van der Waals surface area contributed by atoms with Gasteiger partial charge in [-0.25, -0.2) is 0 Å². The highest BCUT2D eigenvalue weighted by atomic mass is 32.2. The SMILES string of the molecule is COC(CNC(C)Oc1ccc(/C=C2/SC(=O)NC2=O)cc1)c1cccc(C(F)(F)F)c1. The Bertz CT molecular complexity index is 1010. The van der Waals surface area contributed by atoms with Crippen molar-refractivity contribution < 1.29 is 32.2 Å². The van der Waals surface area contributed by atoms with Crippen molar-refractivity contribution in [2.75, 3.05) is 13.7 Å². The van der Waals surface area contributed by atoms with E-state index in [-0.39, 0.29) is 6.54 Å². The second-order valence-electron chi connectivity index (χ2n) is 6.94. The first kappa shape index (κ1) is 23.8. The molecule has 2 atom stereocenters. The number of imide groups is 1. The zero-order valence-electron chi connectivity index (χ0n) is 17.2. The van der Waals surface area contributed by atoms with Crippen LogP contribution in [0.25, 0.3) is 6.08 Å². The van der Waals surface area contributed by atoms with Gasteiger partial charge in [0.15, 0.2) is 0 Å². The largest absolute Gasteiger partial charge is 0.476 e. The molecule has 2 aromatic carbocycles. The topological polar surface area (TPSA) is 76.7 Å². The molecule has 2 aromatic rings. The minimum absolute atomic E-state index is 0.240. The maximum Gasteiger partial charge on any atom is 0.416 e. The van der Waals surface area contributed by atoms with Gasteiger partial charge in [0.05, 0.1) is 16.6 Å². The zero-order valence-corrected chi connectivity index (χ0v) is 18.0. The molecule has 1 aliphatic heterocycles. The number of nitrogens with one attached hydrogen (secondary N) is 2. The van der Waals surface area contributed by atoms with Crippen LogP contribution in [0.1, 0.15) is 29.7 Å². The molecule has 2 amide bonds. The fourth-order valence-corrected chi connectivity index (χ4v) is 3.67. The van der Waals surface area contributed by atoms with Crippen LogP contribution in [0.4, 0.5) is 18.0 Å². The third-order valence-electron chi connectivity index (χ3n) is 4.59. The molecular weight excluding hydrogens is 445 g/mol. The summed E-state index contributed by atoms with van der Waals surface area (Å²) in [7, 11) is 1.43. The van der Waals surface area contributed by atoms with E-state index in [4.69, 9.17) is 9.47 Å². The average molecular weight is 466 g/mol. The number of carbonyl (C=O) groups excluding carboxylic acids is 2. The van der Waals surface area contributed by atoms with Crippen LogP contribution < -0.4 is 15.4 Å². The number of carbonyl (C=O) groups is 2. The van der Waals surface area contributed by atoms with Gasteiger partial charge in [-0.2, -0.15) is 13.2 Å². The van der Waals surface area contributed by atoms with Crippen LogP contribution in [-0.4, -0.2) is 31.0 Å². The third kappa shape index (κ3) is 6.35. The molecule has 1 aliphatic rings. The molecule has 1 saturated heterocycles. The second kappa shape index (κ2) is 10.2. The number of halogens is 3. The highest BCUT2D eigenvalue weighted by molar-refractivity contribution is 8.18. The first-order valence-electron chi connectivity index (χ1n) is 9.60. The van der Waals surface area contributed by atoms with Crippen LogP contribution in [0, 0.1) is 0 Å². The maximum absolute atomic E-state index is 13.0. The lowest BCUT2D eigenvalue weighted by Gasteiger charge is -2.22.